The molecular weight excluding hydrogens is 563 g/mol. The molecule has 0 saturated carbocycles. The van der Waals surface area contributed by atoms with Crippen molar-refractivity contribution in [2.75, 3.05) is 43.9 Å². The Bertz CT molecular complexity index is 1640. The number of carbonyl (C=O) groups is 2. The lowest BCUT2D eigenvalue weighted by atomic mass is 10.0. The summed E-state index contributed by atoms with van der Waals surface area (Å²) in [4.78, 5) is 41.2. The van der Waals surface area contributed by atoms with Crippen LogP contribution < -0.4 is 15.4 Å². The van der Waals surface area contributed by atoms with Crippen LogP contribution in [-0.2, 0) is 17.8 Å². The second-order valence-electron chi connectivity index (χ2n) is 10.4. The van der Waals surface area contributed by atoms with Crippen molar-refractivity contribution < 1.29 is 27.5 Å². The molecule has 3 heterocycles. The van der Waals surface area contributed by atoms with Crippen molar-refractivity contribution in [1.29, 1.82) is 0 Å². The molecule has 2 N–H and O–H groups in total. The number of rotatable bonds is 8. The molecule has 13 heteroatoms. The van der Waals surface area contributed by atoms with Gasteiger partial charge in [-0.1, -0.05) is 6.07 Å². The molecule has 10 nitrogen and oxygen atoms in total. The quantitative estimate of drug-likeness (QED) is 0.297. The van der Waals surface area contributed by atoms with Gasteiger partial charge in [0.25, 0.3) is 5.91 Å². The summed E-state index contributed by atoms with van der Waals surface area (Å²) in [7, 11) is 2.02. The van der Waals surface area contributed by atoms with Crippen molar-refractivity contribution in [3.05, 3.63) is 77.7 Å². The SMILES string of the molecule is CC(=O)Nc1nccc(Oc2ccc3c(C(=O)Nc4ccc(CN5CCN(C)CC5)c(CC(F)(F)F)c4)nccc3c2)n1. The summed E-state index contributed by atoms with van der Waals surface area (Å²) in [5.74, 6) is -0.153. The van der Waals surface area contributed by atoms with Gasteiger partial charge in [0.2, 0.25) is 17.7 Å². The van der Waals surface area contributed by atoms with E-state index in [0.29, 0.717) is 28.6 Å². The average molecular weight is 594 g/mol. The van der Waals surface area contributed by atoms with Crippen molar-refractivity contribution in [2.45, 2.75) is 26.1 Å². The first-order chi connectivity index (χ1) is 20.5. The number of benzene rings is 2. The van der Waals surface area contributed by atoms with Crippen LogP contribution in [0.4, 0.5) is 24.8 Å². The van der Waals surface area contributed by atoms with Crippen LogP contribution in [0.1, 0.15) is 28.5 Å². The van der Waals surface area contributed by atoms with E-state index in [-0.39, 0.29) is 34.7 Å². The van der Waals surface area contributed by atoms with Crippen LogP contribution in [0.25, 0.3) is 10.8 Å². The van der Waals surface area contributed by atoms with E-state index in [1.165, 1.54) is 31.5 Å². The highest BCUT2D eigenvalue weighted by molar-refractivity contribution is 6.11. The first-order valence-electron chi connectivity index (χ1n) is 13.6. The highest BCUT2D eigenvalue weighted by Gasteiger charge is 2.29. The minimum absolute atomic E-state index is 0.0969. The molecule has 2 amide bonds. The fourth-order valence-corrected chi connectivity index (χ4v) is 4.81. The number of fused-ring (bicyclic) bond motifs is 1. The zero-order chi connectivity index (χ0) is 30.6. The number of hydrogen-bond acceptors (Lipinski definition) is 8. The van der Waals surface area contributed by atoms with Gasteiger partial charge in [-0.05, 0) is 60.0 Å². The Morgan fingerprint density at radius 1 is 0.930 bits per heavy atom. The molecule has 1 fully saturated rings. The van der Waals surface area contributed by atoms with E-state index >= 15 is 0 Å². The van der Waals surface area contributed by atoms with E-state index in [9.17, 15) is 22.8 Å². The molecule has 1 aliphatic heterocycles. The standard InChI is InChI=1S/C30H30F3N7O3/c1-19(41)36-29-35-10-8-26(38-29)43-24-5-6-25-20(16-24)7-9-34-27(25)28(42)37-23-4-3-21(22(15-23)17-30(31,32)33)18-40-13-11-39(2)12-14-40/h3-10,15-16H,11-14,17-18H2,1-2H3,(H,37,42)(H,35,36,38,41). The number of likely N-dealkylation sites (N-methyl/N-ethyl adjacent to an activating group) is 1. The number of anilines is 2. The number of ether oxygens (including phenoxy) is 1. The van der Waals surface area contributed by atoms with Crippen molar-refractivity contribution in [3.63, 3.8) is 0 Å². The molecule has 0 spiro atoms. The highest BCUT2D eigenvalue weighted by atomic mass is 19.4. The maximum Gasteiger partial charge on any atom is 0.393 e. The second kappa shape index (κ2) is 12.7. The third-order valence-electron chi connectivity index (χ3n) is 6.94. The van der Waals surface area contributed by atoms with E-state index in [1.54, 1.807) is 36.4 Å². The van der Waals surface area contributed by atoms with Gasteiger partial charge in [-0.15, -0.1) is 0 Å². The summed E-state index contributed by atoms with van der Waals surface area (Å²) in [6.45, 7) is 5.01. The van der Waals surface area contributed by atoms with Crippen LogP contribution in [0, 0.1) is 0 Å². The van der Waals surface area contributed by atoms with Gasteiger partial charge in [0.15, 0.2) is 0 Å². The van der Waals surface area contributed by atoms with E-state index in [0.717, 1.165) is 26.2 Å². The third-order valence-corrected chi connectivity index (χ3v) is 6.94. The van der Waals surface area contributed by atoms with Crippen LogP contribution in [0.3, 0.4) is 0 Å². The second-order valence-corrected chi connectivity index (χ2v) is 10.4. The number of piperazine rings is 1. The monoisotopic (exact) mass is 593 g/mol. The summed E-state index contributed by atoms with van der Waals surface area (Å²) in [5, 5.41) is 6.37. The number of alkyl halides is 3. The molecular formula is C30H30F3N7O3. The molecule has 0 atom stereocenters. The molecule has 224 valence electrons. The zero-order valence-corrected chi connectivity index (χ0v) is 23.6. The molecule has 1 saturated heterocycles. The predicted molar refractivity (Wildman–Crippen MR) is 155 cm³/mol. The summed E-state index contributed by atoms with van der Waals surface area (Å²) in [6, 6.07) is 12.9. The molecule has 0 unspecified atom stereocenters. The van der Waals surface area contributed by atoms with E-state index in [1.807, 2.05) is 7.05 Å². The number of amides is 2. The van der Waals surface area contributed by atoms with Crippen molar-refractivity contribution in [3.8, 4) is 11.6 Å². The minimum atomic E-state index is -4.40. The van der Waals surface area contributed by atoms with E-state index in [4.69, 9.17) is 4.74 Å². The van der Waals surface area contributed by atoms with Crippen molar-refractivity contribution in [1.82, 2.24) is 24.8 Å². The molecule has 4 aromatic rings. The maximum absolute atomic E-state index is 13.5. The van der Waals surface area contributed by atoms with Gasteiger partial charge in [-0.2, -0.15) is 18.2 Å². The molecule has 43 heavy (non-hydrogen) atoms. The Labute approximate surface area is 245 Å². The normalized spacial score (nSPS) is 14.4. The number of pyridine rings is 1. The minimum Gasteiger partial charge on any atom is -0.439 e. The Kier molecular flexibility index (Phi) is 8.83. The first-order valence-corrected chi connectivity index (χ1v) is 13.6. The smallest absolute Gasteiger partial charge is 0.393 e. The fourth-order valence-electron chi connectivity index (χ4n) is 4.81. The Morgan fingerprint density at radius 2 is 1.70 bits per heavy atom. The Morgan fingerprint density at radius 3 is 2.44 bits per heavy atom. The van der Waals surface area contributed by atoms with Crippen LogP contribution >= 0.6 is 0 Å². The summed E-state index contributed by atoms with van der Waals surface area (Å²) in [5.41, 5.74) is 1.08. The van der Waals surface area contributed by atoms with Gasteiger partial charge in [0, 0.05) is 69.2 Å². The average Bonchev–Trinajstić information content (AvgIpc) is 2.94. The third kappa shape index (κ3) is 8.02. The summed E-state index contributed by atoms with van der Waals surface area (Å²) >= 11 is 0. The predicted octanol–water partition coefficient (Wildman–Crippen LogP) is 4.88. The Hall–Kier alpha value is -4.62. The van der Waals surface area contributed by atoms with Gasteiger partial charge < -0.3 is 15.0 Å². The lowest BCUT2D eigenvalue weighted by molar-refractivity contribution is -0.127. The van der Waals surface area contributed by atoms with Crippen LogP contribution in [0.15, 0.2) is 60.9 Å². The lowest BCUT2D eigenvalue weighted by Crippen LogP contribution is -2.44. The van der Waals surface area contributed by atoms with Gasteiger partial charge in [0.05, 0.1) is 6.42 Å². The lowest BCUT2D eigenvalue weighted by Gasteiger charge is -2.33. The molecule has 0 radical (unpaired) electrons. The fraction of sp³-hybridized carbons (Fsp3) is 0.300. The van der Waals surface area contributed by atoms with Crippen molar-refractivity contribution >= 4 is 34.2 Å². The number of aromatic nitrogens is 3. The Balaban J connectivity index is 1.34. The largest absolute Gasteiger partial charge is 0.439 e. The molecule has 1 aliphatic rings. The van der Waals surface area contributed by atoms with E-state index < -0.39 is 18.5 Å². The number of nitrogens with one attached hydrogen (secondary N) is 2. The zero-order valence-electron chi connectivity index (χ0n) is 23.6. The summed E-state index contributed by atoms with van der Waals surface area (Å²) < 4.78 is 46.2. The van der Waals surface area contributed by atoms with Crippen LogP contribution in [0.2, 0.25) is 0 Å². The number of halogens is 3. The van der Waals surface area contributed by atoms with Gasteiger partial charge >= 0.3 is 6.18 Å². The summed E-state index contributed by atoms with van der Waals surface area (Å²) in [6.07, 6.45) is -2.57. The number of carbonyl (C=O) groups excluding carboxylic acids is 2. The molecule has 0 bridgehead atoms. The number of nitrogens with zero attached hydrogens (tertiary/aromatic N) is 5. The van der Waals surface area contributed by atoms with E-state index in [2.05, 4.69) is 35.4 Å². The molecule has 0 aliphatic carbocycles. The number of hydrogen-bond donors (Lipinski definition) is 2. The van der Waals surface area contributed by atoms with Gasteiger partial charge in [-0.3, -0.25) is 24.8 Å². The van der Waals surface area contributed by atoms with Crippen molar-refractivity contribution in [2.24, 2.45) is 0 Å². The first kappa shape index (κ1) is 29.9. The van der Waals surface area contributed by atoms with Crippen LogP contribution in [0.5, 0.6) is 11.6 Å². The highest BCUT2D eigenvalue weighted by Crippen LogP contribution is 2.29. The molecule has 2 aromatic carbocycles. The topological polar surface area (TPSA) is 113 Å². The molecule has 2 aromatic heterocycles. The van der Waals surface area contributed by atoms with Crippen LogP contribution in [-0.4, -0.2) is 76.0 Å². The van der Waals surface area contributed by atoms with Gasteiger partial charge in [-0.25, -0.2) is 4.98 Å². The van der Waals surface area contributed by atoms with Gasteiger partial charge in [0.1, 0.15) is 11.4 Å². The molecule has 5 rings (SSSR count). The maximum atomic E-state index is 13.5.